The topological polar surface area (TPSA) is 142 Å². The van der Waals surface area contributed by atoms with Crippen molar-refractivity contribution >= 4 is 51.9 Å². The number of hydrogen-bond acceptors (Lipinski definition) is 7. The van der Waals surface area contributed by atoms with E-state index < -0.39 is 17.3 Å². The van der Waals surface area contributed by atoms with Gasteiger partial charge in [-0.15, -0.1) is 0 Å². The van der Waals surface area contributed by atoms with Crippen LogP contribution >= 0.6 is 11.6 Å². The minimum Gasteiger partial charge on any atom is -0.432 e. The highest BCUT2D eigenvalue weighted by Crippen LogP contribution is 2.40. The van der Waals surface area contributed by atoms with E-state index in [1.807, 2.05) is 36.4 Å². The van der Waals surface area contributed by atoms with Gasteiger partial charge in [0.2, 0.25) is 17.4 Å². The van der Waals surface area contributed by atoms with Gasteiger partial charge in [-0.1, -0.05) is 48.0 Å². The van der Waals surface area contributed by atoms with E-state index in [1.54, 1.807) is 25.1 Å². The van der Waals surface area contributed by atoms with Gasteiger partial charge >= 0.3 is 0 Å². The van der Waals surface area contributed by atoms with Crippen molar-refractivity contribution in [3.63, 3.8) is 0 Å². The summed E-state index contributed by atoms with van der Waals surface area (Å²) in [4.78, 5) is 29.8. The molecule has 0 atom stereocenters. The molecule has 0 aliphatic rings. The van der Waals surface area contributed by atoms with Gasteiger partial charge in [0, 0.05) is 40.6 Å². The van der Waals surface area contributed by atoms with E-state index in [2.05, 4.69) is 5.32 Å². The van der Waals surface area contributed by atoms with Crippen LogP contribution < -0.4 is 11.1 Å². The molecular weight excluding hydrogens is 504 g/mol. The Morgan fingerprint density at radius 3 is 2.21 bits per heavy atom. The summed E-state index contributed by atoms with van der Waals surface area (Å²) in [6.07, 6.45) is 1.21. The molecule has 0 aliphatic heterocycles. The number of nitrogens with zero attached hydrogens (tertiary/aromatic N) is 1. The molecule has 4 rings (SSSR count). The lowest BCUT2D eigenvalue weighted by atomic mass is 9.96. The van der Waals surface area contributed by atoms with Crippen LogP contribution in [-0.2, 0) is 4.79 Å². The first kappa shape index (κ1) is 26.8. The Labute approximate surface area is 224 Å². The molecule has 1 amide bonds. The van der Waals surface area contributed by atoms with Crippen LogP contribution in [0.15, 0.2) is 64.7 Å². The number of rotatable bonds is 7. The van der Waals surface area contributed by atoms with Crippen molar-refractivity contribution in [2.45, 2.75) is 33.3 Å². The Kier molecular flexibility index (Phi) is 7.22. The smallest absolute Gasteiger partial charge is 0.231 e. The number of aliphatic hydroxyl groups is 1. The maximum atomic E-state index is 13.0. The summed E-state index contributed by atoms with van der Waals surface area (Å²) in [6.45, 7) is 5.75. The van der Waals surface area contributed by atoms with E-state index >= 15 is 0 Å². The van der Waals surface area contributed by atoms with Gasteiger partial charge < -0.3 is 26.0 Å². The van der Waals surface area contributed by atoms with Crippen LogP contribution in [-0.4, -0.2) is 33.6 Å². The SMILES string of the molecule is CC(=O)Nc1c(C(=O)C(C)(C)O)oc2nc(-c3ccc(/C(C=N)=C(\C)N)cc3)c(-c3ccc(Cl)cc3)cc12. The average molecular weight is 531 g/mol. The number of Topliss-reactive ketones (excluding diaryl/α,β-unsaturated/α-hetero) is 1. The summed E-state index contributed by atoms with van der Waals surface area (Å²) in [5.74, 6) is -1.29. The van der Waals surface area contributed by atoms with Crippen molar-refractivity contribution < 1.29 is 19.1 Å². The highest BCUT2D eigenvalue weighted by Gasteiger charge is 2.33. The van der Waals surface area contributed by atoms with E-state index in [-0.39, 0.29) is 17.2 Å². The van der Waals surface area contributed by atoms with Gasteiger partial charge in [-0.3, -0.25) is 9.59 Å². The van der Waals surface area contributed by atoms with Crippen molar-refractivity contribution in [2.24, 2.45) is 5.73 Å². The van der Waals surface area contributed by atoms with Gasteiger partial charge in [-0.05, 0) is 50.1 Å². The summed E-state index contributed by atoms with van der Waals surface area (Å²) in [5.41, 5.74) is 9.17. The third kappa shape index (κ3) is 5.22. The van der Waals surface area contributed by atoms with Crippen molar-refractivity contribution in [1.29, 1.82) is 5.41 Å². The first-order valence-corrected chi connectivity index (χ1v) is 12.1. The maximum absolute atomic E-state index is 13.0. The molecule has 38 heavy (non-hydrogen) atoms. The normalized spacial score (nSPS) is 12.3. The van der Waals surface area contributed by atoms with Crippen LogP contribution in [0.3, 0.4) is 0 Å². The van der Waals surface area contributed by atoms with E-state index in [9.17, 15) is 14.7 Å². The number of benzene rings is 2. The zero-order chi connectivity index (χ0) is 27.8. The van der Waals surface area contributed by atoms with Gasteiger partial charge in [0.05, 0.1) is 11.1 Å². The lowest BCUT2D eigenvalue weighted by molar-refractivity contribution is -0.114. The molecule has 2 aromatic carbocycles. The second-order valence-corrected chi connectivity index (χ2v) is 9.87. The molecule has 2 heterocycles. The lowest BCUT2D eigenvalue weighted by Crippen LogP contribution is -2.31. The minimum absolute atomic E-state index is 0.121. The molecule has 0 spiro atoms. The van der Waals surface area contributed by atoms with Crippen LogP contribution in [0, 0.1) is 5.41 Å². The number of amides is 1. The quantitative estimate of drug-likeness (QED) is 0.169. The van der Waals surface area contributed by atoms with E-state index in [4.69, 9.17) is 32.1 Å². The molecule has 4 aromatic rings. The zero-order valence-corrected chi connectivity index (χ0v) is 22.1. The number of allylic oxidation sites excluding steroid dienone is 2. The Hall–Kier alpha value is -4.27. The molecular formula is C29H27ClN4O4. The van der Waals surface area contributed by atoms with Crippen molar-refractivity contribution in [1.82, 2.24) is 4.98 Å². The number of nitrogens with one attached hydrogen (secondary N) is 2. The first-order chi connectivity index (χ1) is 17.9. The van der Waals surface area contributed by atoms with E-state index in [0.717, 1.165) is 16.7 Å². The summed E-state index contributed by atoms with van der Waals surface area (Å²) in [5, 5.41) is 21.7. The second kappa shape index (κ2) is 10.2. The van der Waals surface area contributed by atoms with Gasteiger partial charge in [-0.2, -0.15) is 0 Å². The fraction of sp³-hybridized carbons (Fsp3) is 0.172. The Bertz CT molecular complexity index is 1590. The summed E-state index contributed by atoms with van der Waals surface area (Å²) in [6, 6.07) is 16.4. The highest BCUT2D eigenvalue weighted by molar-refractivity contribution is 6.30. The number of carbonyl (C=O) groups is 2. The highest BCUT2D eigenvalue weighted by atomic mass is 35.5. The molecule has 0 saturated carbocycles. The van der Waals surface area contributed by atoms with Crippen LogP contribution in [0.5, 0.6) is 0 Å². The van der Waals surface area contributed by atoms with Crippen LogP contribution in [0.4, 0.5) is 5.69 Å². The minimum atomic E-state index is -1.74. The number of halogens is 1. The Morgan fingerprint density at radius 1 is 1.08 bits per heavy atom. The van der Waals surface area contributed by atoms with Crippen LogP contribution in [0.25, 0.3) is 39.1 Å². The van der Waals surface area contributed by atoms with Crippen molar-refractivity contribution in [2.75, 3.05) is 5.32 Å². The summed E-state index contributed by atoms with van der Waals surface area (Å²) < 4.78 is 5.86. The molecule has 8 nitrogen and oxygen atoms in total. The third-order valence-electron chi connectivity index (χ3n) is 5.94. The first-order valence-electron chi connectivity index (χ1n) is 11.8. The monoisotopic (exact) mass is 530 g/mol. The van der Waals surface area contributed by atoms with Crippen molar-refractivity contribution in [3.8, 4) is 22.4 Å². The molecule has 0 bridgehead atoms. The van der Waals surface area contributed by atoms with Gasteiger partial charge in [0.1, 0.15) is 11.3 Å². The standard InChI is InChI=1S/C29H27ClN4O4/c1-15(32)23(14-31)18-5-7-19(8-6-18)24-21(17-9-11-20(30)12-10-17)13-22-25(33-16(2)35)26(38-28(22)34-24)27(36)29(3,4)37/h5-14,31,37H,32H2,1-4H3,(H,33,35)/b23-15+,31-14?. The summed E-state index contributed by atoms with van der Waals surface area (Å²) in [7, 11) is 0. The van der Waals surface area contributed by atoms with E-state index in [0.29, 0.717) is 32.9 Å². The molecule has 0 fully saturated rings. The number of fused-ring (bicyclic) bond motifs is 1. The maximum Gasteiger partial charge on any atom is 0.231 e. The predicted octanol–water partition coefficient (Wildman–Crippen LogP) is 6.07. The fourth-order valence-electron chi connectivity index (χ4n) is 4.06. The third-order valence-corrected chi connectivity index (χ3v) is 6.19. The number of furan rings is 1. The number of aromatic nitrogens is 1. The zero-order valence-electron chi connectivity index (χ0n) is 21.3. The van der Waals surface area contributed by atoms with E-state index in [1.165, 1.54) is 27.0 Å². The molecule has 0 unspecified atom stereocenters. The number of ketones is 1. The number of hydrogen-bond donors (Lipinski definition) is 4. The molecule has 0 aliphatic carbocycles. The molecule has 9 heteroatoms. The van der Waals surface area contributed by atoms with Gasteiger partial charge in [0.25, 0.3) is 0 Å². The number of nitrogens with two attached hydrogens (primary N) is 1. The molecule has 0 radical (unpaired) electrons. The second-order valence-electron chi connectivity index (χ2n) is 9.44. The predicted molar refractivity (Wildman–Crippen MR) is 150 cm³/mol. The molecule has 2 aromatic heterocycles. The molecule has 5 N–H and O–H groups in total. The van der Waals surface area contributed by atoms with Gasteiger partial charge in [0.15, 0.2) is 5.76 Å². The number of carbonyl (C=O) groups excluding carboxylic acids is 2. The van der Waals surface area contributed by atoms with Crippen LogP contribution in [0.2, 0.25) is 5.02 Å². The average Bonchev–Trinajstić information content (AvgIpc) is 3.20. The summed E-state index contributed by atoms with van der Waals surface area (Å²) >= 11 is 6.13. The largest absolute Gasteiger partial charge is 0.432 e. The Morgan fingerprint density at radius 2 is 1.68 bits per heavy atom. The number of anilines is 1. The fourth-order valence-corrected chi connectivity index (χ4v) is 4.19. The number of pyridine rings is 1. The lowest BCUT2D eigenvalue weighted by Gasteiger charge is -2.14. The van der Waals surface area contributed by atoms with Gasteiger partial charge in [-0.25, -0.2) is 4.98 Å². The molecule has 194 valence electrons. The van der Waals surface area contributed by atoms with Crippen molar-refractivity contribution in [3.05, 3.63) is 76.6 Å². The molecule has 0 saturated heterocycles. The Balaban J connectivity index is 2.01. The van der Waals surface area contributed by atoms with Crippen LogP contribution in [0.1, 0.15) is 43.8 Å².